The normalized spacial score (nSPS) is 22.3. The van der Waals surface area contributed by atoms with E-state index in [1.165, 1.54) is 11.1 Å². The zero-order valence-electron chi connectivity index (χ0n) is 8.88. The number of nitrogens with zero attached hydrogens (tertiary/aromatic N) is 1. The summed E-state index contributed by atoms with van der Waals surface area (Å²) in [4.78, 5) is 2.43. The Morgan fingerprint density at radius 1 is 1.38 bits per heavy atom. The van der Waals surface area contributed by atoms with E-state index < -0.39 is 0 Å². The first kappa shape index (κ1) is 10.3. The molecule has 0 spiro atoms. The largest absolute Gasteiger partial charge is 0.293 e. The molecule has 0 N–H and O–H groups in total. The first-order valence-corrected chi connectivity index (χ1v) is 4.98. The van der Waals surface area contributed by atoms with Crippen molar-refractivity contribution < 1.29 is 0 Å². The van der Waals surface area contributed by atoms with Crippen LogP contribution in [0.25, 0.3) is 0 Å². The molecule has 1 atom stereocenters. The molecular weight excluding hydrogens is 158 g/mol. The molecule has 0 bridgehead atoms. The highest BCUT2D eigenvalue weighted by molar-refractivity contribution is 5.39. The zero-order chi connectivity index (χ0) is 9.84. The number of allylic oxidation sites excluding steroid dienone is 2. The summed E-state index contributed by atoms with van der Waals surface area (Å²) in [5.74, 6) is 0. The van der Waals surface area contributed by atoms with Gasteiger partial charge < -0.3 is 0 Å². The molecule has 1 unspecified atom stereocenters. The second-order valence-corrected chi connectivity index (χ2v) is 3.47. The Morgan fingerprint density at radius 2 is 2.00 bits per heavy atom. The van der Waals surface area contributed by atoms with E-state index in [9.17, 15) is 0 Å². The van der Waals surface area contributed by atoms with Gasteiger partial charge in [0.1, 0.15) is 0 Å². The average molecular weight is 177 g/mol. The lowest BCUT2D eigenvalue weighted by atomic mass is 9.94. The highest BCUT2D eigenvalue weighted by Crippen LogP contribution is 2.22. The molecule has 1 rings (SSSR count). The fourth-order valence-electron chi connectivity index (χ4n) is 1.91. The van der Waals surface area contributed by atoms with Crippen LogP contribution in [0.5, 0.6) is 0 Å². The number of likely N-dealkylation sites (N-methyl/N-ethyl adjacent to an activating group) is 1. The standard InChI is InChI=1S/C12H19N/c1-5-13(6-2)12-10(3)8-7-9-11(12)4/h7-9,12H,3,5-6H2,1-2,4H3. The minimum Gasteiger partial charge on any atom is -0.293 e. The zero-order valence-corrected chi connectivity index (χ0v) is 8.88. The fraction of sp³-hybridized carbons (Fsp3) is 0.500. The molecule has 0 heterocycles. The molecule has 0 aromatic rings. The van der Waals surface area contributed by atoms with Crippen molar-refractivity contribution in [2.24, 2.45) is 0 Å². The number of hydrogen-bond acceptors (Lipinski definition) is 1. The quantitative estimate of drug-likeness (QED) is 0.640. The van der Waals surface area contributed by atoms with Gasteiger partial charge in [-0.1, -0.05) is 44.2 Å². The smallest absolute Gasteiger partial charge is 0.0555 e. The second kappa shape index (κ2) is 4.43. The van der Waals surface area contributed by atoms with Crippen molar-refractivity contribution in [2.75, 3.05) is 13.1 Å². The number of hydrogen-bond donors (Lipinski definition) is 0. The molecule has 0 saturated carbocycles. The van der Waals surface area contributed by atoms with Crippen LogP contribution < -0.4 is 0 Å². The minimum atomic E-state index is 0.431. The van der Waals surface area contributed by atoms with Crippen LogP contribution >= 0.6 is 0 Å². The maximum atomic E-state index is 4.09. The van der Waals surface area contributed by atoms with Crippen LogP contribution in [0, 0.1) is 0 Å². The van der Waals surface area contributed by atoms with E-state index in [4.69, 9.17) is 0 Å². The van der Waals surface area contributed by atoms with Gasteiger partial charge in [0.05, 0.1) is 6.04 Å². The molecule has 0 saturated heterocycles. The summed E-state index contributed by atoms with van der Waals surface area (Å²) in [5, 5.41) is 0. The van der Waals surface area contributed by atoms with E-state index in [1.807, 2.05) is 0 Å². The first-order valence-electron chi connectivity index (χ1n) is 4.98. The van der Waals surface area contributed by atoms with Gasteiger partial charge in [0.2, 0.25) is 0 Å². The van der Waals surface area contributed by atoms with E-state index >= 15 is 0 Å². The van der Waals surface area contributed by atoms with Crippen LogP contribution in [0.3, 0.4) is 0 Å². The molecule has 0 amide bonds. The van der Waals surface area contributed by atoms with Crippen LogP contribution in [0.15, 0.2) is 36.0 Å². The highest BCUT2D eigenvalue weighted by atomic mass is 15.1. The SMILES string of the molecule is C=C1C=CC=C(C)C1N(CC)CC. The summed E-state index contributed by atoms with van der Waals surface area (Å²) in [5.41, 5.74) is 2.61. The van der Waals surface area contributed by atoms with Crippen LogP contribution in [0.4, 0.5) is 0 Å². The van der Waals surface area contributed by atoms with Crippen molar-refractivity contribution >= 4 is 0 Å². The molecule has 0 aromatic carbocycles. The Morgan fingerprint density at radius 3 is 2.46 bits per heavy atom. The molecule has 13 heavy (non-hydrogen) atoms. The Kier molecular flexibility index (Phi) is 3.49. The van der Waals surface area contributed by atoms with Crippen molar-refractivity contribution in [1.29, 1.82) is 0 Å². The summed E-state index contributed by atoms with van der Waals surface area (Å²) < 4.78 is 0. The minimum absolute atomic E-state index is 0.431. The number of rotatable bonds is 3. The third kappa shape index (κ3) is 2.10. The molecular formula is C12H19N. The van der Waals surface area contributed by atoms with E-state index in [0.717, 1.165) is 13.1 Å². The van der Waals surface area contributed by atoms with Gasteiger partial charge >= 0.3 is 0 Å². The lowest BCUT2D eigenvalue weighted by Gasteiger charge is -2.32. The summed E-state index contributed by atoms with van der Waals surface area (Å²) in [6.45, 7) is 12.8. The predicted molar refractivity (Wildman–Crippen MR) is 58.7 cm³/mol. The molecule has 1 nitrogen and oxygen atoms in total. The third-order valence-corrected chi connectivity index (χ3v) is 2.63. The van der Waals surface area contributed by atoms with E-state index in [0.29, 0.717) is 6.04 Å². The second-order valence-electron chi connectivity index (χ2n) is 3.47. The Balaban J connectivity index is 2.83. The third-order valence-electron chi connectivity index (χ3n) is 2.63. The van der Waals surface area contributed by atoms with Crippen LogP contribution in [-0.4, -0.2) is 24.0 Å². The van der Waals surface area contributed by atoms with Crippen molar-refractivity contribution in [2.45, 2.75) is 26.8 Å². The highest BCUT2D eigenvalue weighted by Gasteiger charge is 2.20. The molecule has 1 heteroatoms. The van der Waals surface area contributed by atoms with Gasteiger partial charge in [0, 0.05) is 0 Å². The van der Waals surface area contributed by atoms with Gasteiger partial charge in [-0.3, -0.25) is 4.90 Å². The van der Waals surface area contributed by atoms with Crippen LogP contribution in [0.2, 0.25) is 0 Å². The van der Waals surface area contributed by atoms with Crippen molar-refractivity contribution in [3.8, 4) is 0 Å². The molecule has 0 aliphatic heterocycles. The summed E-state index contributed by atoms with van der Waals surface area (Å²) >= 11 is 0. The topological polar surface area (TPSA) is 3.24 Å². The molecule has 0 aromatic heterocycles. The lowest BCUT2D eigenvalue weighted by molar-refractivity contribution is 0.272. The summed E-state index contributed by atoms with van der Waals surface area (Å²) in [6.07, 6.45) is 6.37. The summed E-state index contributed by atoms with van der Waals surface area (Å²) in [6, 6.07) is 0.431. The van der Waals surface area contributed by atoms with Gasteiger partial charge in [-0.25, -0.2) is 0 Å². The van der Waals surface area contributed by atoms with Crippen molar-refractivity contribution in [3.63, 3.8) is 0 Å². The van der Waals surface area contributed by atoms with Crippen LogP contribution in [-0.2, 0) is 0 Å². The maximum absolute atomic E-state index is 4.09. The van der Waals surface area contributed by atoms with E-state index in [-0.39, 0.29) is 0 Å². The maximum Gasteiger partial charge on any atom is 0.0555 e. The van der Waals surface area contributed by atoms with Gasteiger partial charge in [-0.15, -0.1) is 0 Å². The van der Waals surface area contributed by atoms with Gasteiger partial charge in [-0.05, 0) is 25.6 Å². The monoisotopic (exact) mass is 177 g/mol. The Labute approximate surface area is 81.4 Å². The Bertz CT molecular complexity index is 244. The average Bonchev–Trinajstić information content (AvgIpc) is 2.11. The first-order chi connectivity index (χ1) is 6.20. The van der Waals surface area contributed by atoms with Crippen LogP contribution in [0.1, 0.15) is 20.8 Å². The lowest BCUT2D eigenvalue weighted by Crippen LogP contribution is -2.37. The molecule has 1 aliphatic carbocycles. The van der Waals surface area contributed by atoms with Crippen molar-refractivity contribution in [3.05, 3.63) is 36.0 Å². The van der Waals surface area contributed by atoms with E-state index in [1.54, 1.807) is 0 Å². The summed E-state index contributed by atoms with van der Waals surface area (Å²) in [7, 11) is 0. The fourth-order valence-corrected chi connectivity index (χ4v) is 1.91. The van der Waals surface area contributed by atoms with Gasteiger partial charge in [0.15, 0.2) is 0 Å². The van der Waals surface area contributed by atoms with E-state index in [2.05, 4.69) is 50.5 Å². The Hall–Kier alpha value is -0.820. The molecule has 0 radical (unpaired) electrons. The van der Waals surface area contributed by atoms with Gasteiger partial charge in [-0.2, -0.15) is 0 Å². The molecule has 0 fully saturated rings. The predicted octanol–water partition coefficient (Wildman–Crippen LogP) is 2.77. The van der Waals surface area contributed by atoms with Gasteiger partial charge in [0.25, 0.3) is 0 Å². The molecule has 1 aliphatic rings. The van der Waals surface area contributed by atoms with Crippen molar-refractivity contribution in [1.82, 2.24) is 4.90 Å². The molecule has 72 valence electrons.